The molecule has 4 heterocycles. The Hall–Kier alpha value is -2.98. The maximum atomic E-state index is 13.4. The van der Waals surface area contributed by atoms with Crippen molar-refractivity contribution in [3.8, 4) is 0 Å². The molecule has 2 aliphatic heterocycles. The molecule has 0 N–H and O–H groups in total. The lowest BCUT2D eigenvalue weighted by atomic mass is 9.97. The van der Waals surface area contributed by atoms with Crippen molar-refractivity contribution in [2.75, 3.05) is 42.6 Å². The van der Waals surface area contributed by atoms with Crippen molar-refractivity contribution >= 4 is 15.7 Å². The highest BCUT2D eigenvalue weighted by molar-refractivity contribution is 7.91. The van der Waals surface area contributed by atoms with Gasteiger partial charge in [-0.2, -0.15) is 0 Å². The summed E-state index contributed by atoms with van der Waals surface area (Å²) in [6, 6.07) is 8.93. The summed E-state index contributed by atoms with van der Waals surface area (Å²) in [4.78, 5) is 22.7. The highest BCUT2D eigenvalue weighted by Gasteiger charge is 2.36. The summed E-state index contributed by atoms with van der Waals surface area (Å²) in [6.07, 6.45) is 6.26. The number of hydrogen-bond donors (Lipinski definition) is 0. The van der Waals surface area contributed by atoms with Gasteiger partial charge in [0.1, 0.15) is 17.5 Å². The predicted molar refractivity (Wildman–Crippen MR) is 132 cm³/mol. The van der Waals surface area contributed by atoms with E-state index < -0.39 is 9.84 Å². The highest BCUT2D eigenvalue weighted by atomic mass is 32.2. The molecule has 0 unspecified atom stereocenters. The first-order chi connectivity index (χ1) is 16.8. The van der Waals surface area contributed by atoms with Crippen LogP contribution in [0.15, 0.2) is 48.9 Å². The standard InChI is InChI=1S/C25H29FN6O2S/c1-18(19-2-4-20(26)5-3-19)12-24-29-21(13-22-15-27-6-7-28-22)14-25(30-24)32-16-23(17-32)31-8-10-35(33,34)11-9-31/h2-7,14-15,18,23H,8-13,16-17H2,1H3/t18-/m1/s1. The van der Waals surface area contributed by atoms with Gasteiger partial charge in [0, 0.05) is 69.7 Å². The lowest BCUT2D eigenvalue weighted by Crippen LogP contribution is -2.62. The quantitative estimate of drug-likeness (QED) is 0.492. The lowest BCUT2D eigenvalue weighted by Gasteiger charge is -2.47. The molecular weight excluding hydrogens is 467 g/mol. The van der Waals surface area contributed by atoms with E-state index in [1.165, 1.54) is 12.1 Å². The second-order valence-corrected chi connectivity index (χ2v) is 11.7. The topological polar surface area (TPSA) is 92.2 Å². The van der Waals surface area contributed by atoms with Crippen molar-refractivity contribution in [2.24, 2.45) is 0 Å². The Labute approximate surface area is 205 Å². The number of hydrogen-bond acceptors (Lipinski definition) is 8. The van der Waals surface area contributed by atoms with Crippen LogP contribution in [0.4, 0.5) is 10.2 Å². The van der Waals surface area contributed by atoms with E-state index in [9.17, 15) is 12.8 Å². The number of sulfone groups is 1. The van der Waals surface area contributed by atoms with Crippen molar-refractivity contribution in [3.05, 3.63) is 77.5 Å². The molecule has 0 radical (unpaired) electrons. The van der Waals surface area contributed by atoms with E-state index in [1.54, 1.807) is 18.6 Å². The van der Waals surface area contributed by atoms with Gasteiger partial charge < -0.3 is 4.90 Å². The minimum Gasteiger partial charge on any atom is -0.353 e. The van der Waals surface area contributed by atoms with Gasteiger partial charge in [-0.1, -0.05) is 19.1 Å². The fraction of sp³-hybridized carbons (Fsp3) is 0.440. The average molecular weight is 497 g/mol. The van der Waals surface area contributed by atoms with E-state index in [0.29, 0.717) is 32.0 Å². The number of benzene rings is 1. The van der Waals surface area contributed by atoms with Crippen molar-refractivity contribution in [3.63, 3.8) is 0 Å². The molecule has 0 aliphatic carbocycles. The molecule has 1 aromatic carbocycles. The number of nitrogens with zero attached hydrogens (tertiary/aromatic N) is 6. The van der Waals surface area contributed by atoms with Crippen LogP contribution in [0.1, 0.15) is 35.6 Å². The second-order valence-electron chi connectivity index (χ2n) is 9.41. The molecule has 1 atom stereocenters. The van der Waals surface area contributed by atoms with Crippen LogP contribution in [0.5, 0.6) is 0 Å². The summed E-state index contributed by atoms with van der Waals surface area (Å²) >= 11 is 0. The molecule has 2 fully saturated rings. The van der Waals surface area contributed by atoms with Crippen LogP contribution in [0, 0.1) is 5.82 Å². The van der Waals surface area contributed by atoms with Gasteiger partial charge >= 0.3 is 0 Å². The summed E-state index contributed by atoms with van der Waals surface area (Å²) in [7, 11) is -2.88. The Morgan fingerprint density at radius 2 is 1.80 bits per heavy atom. The molecular formula is C25H29FN6O2S. The Morgan fingerprint density at radius 3 is 2.49 bits per heavy atom. The Bertz CT molecular complexity index is 1250. The first kappa shape index (κ1) is 23.7. The smallest absolute Gasteiger partial charge is 0.152 e. The van der Waals surface area contributed by atoms with Crippen LogP contribution < -0.4 is 4.90 Å². The summed E-state index contributed by atoms with van der Waals surface area (Å²) in [6.45, 7) is 4.92. The molecule has 8 nitrogen and oxygen atoms in total. The van der Waals surface area contributed by atoms with E-state index >= 15 is 0 Å². The molecule has 10 heteroatoms. The Kier molecular flexibility index (Phi) is 6.75. The Morgan fingerprint density at radius 1 is 1.06 bits per heavy atom. The van der Waals surface area contributed by atoms with Crippen molar-refractivity contribution in [1.82, 2.24) is 24.8 Å². The fourth-order valence-corrected chi connectivity index (χ4v) is 5.86. The van der Waals surface area contributed by atoms with Crippen LogP contribution >= 0.6 is 0 Å². The van der Waals surface area contributed by atoms with Gasteiger partial charge in [0.15, 0.2) is 9.84 Å². The number of rotatable bonds is 7. The van der Waals surface area contributed by atoms with Crippen LogP contribution in [-0.4, -0.2) is 77.0 Å². The fourth-order valence-electron chi connectivity index (χ4n) is 4.64. The summed E-state index contributed by atoms with van der Waals surface area (Å²) in [5, 5.41) is 0. The number of anilines is 1. The van der Waals surface area contributed by atoms with E-state index in [0.717, 1.165) is 41.7 Å². The summed E-state index contributed by atoms with van der Waals surface area (Å²) in [5.41, 5.74) is 2.76. The molecule has 0 bridgehead atoms. The first-order valence-corrected chi connectivity index (χ1v) is 13.7. The average Bonchev–Trinajstić information content (AvgIpc) is 2.80. The maximum Gasteiger partial charge on any atom is 0.152 e. The van der Waals surface area contributed by atoms with Gasteiger partial charge in [-0.05, 0) is 23.6 Å². The molecule has 184 valence electrons. The minimum absolute atomic E-state index is 0.134. The van der Waals surface area contributed by atoms with E-state index in [-0.39, 0.29) is 23.2 Å². The van der Waals surface area contributed by atoms with Crippen LogP contribution in [0.2, 0.25) is 0 Å². The molecule has 0 spiro atoms. The molecule has 0 saturated carbocycles. The van der Waals surface area contributed by atoms with Gasteiger partial charge in [0.05, 0.1) is 22.9 Å². The molecule has 2 aromatic heterocycles. The predicted octanol–water partition coefficient (Wildman–Crippen LogP) is 2.26. The van der Waals surface area contributed by atoms with Gasteiger partial charge in [0.25, 0.3) is 0 Å². The van der Waals surface area contributed by atoms with Crippen molar-refractivity contribution < 1.29 is 12.8 Å². The number of aromatic nitrogens is 4. The van der Waals surface area contributed by atoms with Crippen LogP contribution in [-0.2, 0) is 22.7 Å². The molecule has 5 rings (SSSR count). The molecule has 35 heavy (non-hydrogen) atoms. The van der Waals surface area contributed by atoms with Crippen molar-refractivity contribution in [2.45, 2.75) is 31.7 Å². The SMILES string of the molecule is C[C@H](Cc1nc(Cc2cnccn2)cc(N2CC(N3CCS(=O)(=O)CC3)C2)n1)c1ccc(F)cc1. The second kappa shape index (κ2) is 9.94. The third-order valence-electron chi connectivity index (χ3n) is 6.80. The zero-order valence-electron chi connectivity index (χ0n) is 19.7. The van der Waals surface area contributed by atoms with E-state index in [4.69, 9.17) is 9.97 Å². The van der Waals surface area contributed by atoms with Gasteiger partial charge in [-0.15, -0.1) is 0 Å². The summed E-state index contributed by atoms with van der Waals surface area (Å²) in [5.74, 6) is 1.99. The van der Waals surface area contributed by atoms with E-state index in [1.807, 2.05) is 18.2 Å². The first-order valence-electron chi connectivity index (χ1n) is 11.9. The van der Waals surface area contributed by atoms with Crippen LogP contribution in [0.3, 0.4) is 0 Å². The molecule has 0 amide bonds. The largest absolute Gasteiger partial charge is 0.353 e. The summed E-state index contributed by atoms with van der Waals surface area (Å²) < 4.78 is 36.9. The zero-order valence-corrected chi connectivity index (χ0v) is 20.5. The molecule has 2 aliphatic rings. The van der Waals surface area contributed by atoms with Crippen LogP contribution in [0.25, 0.3) is 0 Å². The molecule has 2 saturated heterocycles. The van der Waals surface area contributed by atoms with Gasteiger partial charge in [-0.25, -0.2) is 22.8 Å². The minimum atomic E-state index is -2.88. The third kappa shape index (κ3) is 5.82. The van der Waals surface area contributed by atoms with Gasteiger partial charge in [-0.3, -0.25) is 14.9 Å². The highest BCUT2D eigenvalue weighted by Crippen LogP contribution is 2.26. The monoisotopic (exact) mass is 496 g/mol. The normalized spacial score (nSPS) is 19.3. The number of halogens is 1. The van der Waals surface area contributed by atoms with E-state index in [2.05, 4.69) is 26.7 Å². The molecule has 3 aromatic rings. The lowest BCUT2D eigenvalue weighted by molar-refractivity contribution is 0.179. The zero-order chi connectivity index (χ0) is 24.4. The van der Waals surface area contributed by atoms with Gasteiger partial charge in [0.2, 0.25) is 0 Å². The van der Waals surface area contributed by atoms with Crippen molar-refractivity contribution in [1.29, 1.82) is 0 Å². The third-order valence-corrected chi connectivity index (χ3v) is 8.41. The maximum absolute atomic E-state index is 13.4. The Balaban J connectivity index is 1.33.